The van der Waals surface area contributed by atoms with Crippen LogP contribution in [0, 0.1) is 6.92 Å². The summed E-state index contributed by atoms with van der Waals surface area (Å²) >= 11 is 0. The topological polar surface area (TPSA) is 26.2 Å². The lowest BCUT2D eigenvalue weighted by molar-refractivity contribution is 0.414. The van der Waals surface area contributed by atoms with Gasteiger partial charge in [0.05, 0.1) is 13.7 Å². The van der Waals surface area contributed by atoms with Crippen molar-refractivity contribution in [3.63, 3.8) is 0 Å². The molecule has 102 valence electrons. The Morgan fingerprint density at radius 2 is 2.11 bits per heavy atom. The van der Waals surface area contributed by atoms with Gasteiger partial charge in [0.15, 0.2) is 0 Å². The van der Waals surface area contributed by atoms with Crippen molar-refractivity contribution >= 4 is 5.69 Å². The predicted octanol–water partition coefficient (Wildman–Crippen LogP) is 3.83. The van der Waals surface area contributed by atoms with Gasteiger partial charge in [-0.2, -0.15) is 0 Å². The Morgan fingerprint density at radius 3 is 2.79 bits per heavy atom. The first kappa shape index (κ1) is 13.5. The Morgan fingerprint density at radius 1 is 1.26 bits per heavy atom. The van der Waals surface area contributed by atoms with E-state index in [-0.39, 0.29) is 0 Å². The summed E-state index contributed by atoms with van der Waals surface area (Å²) in [7, 11) is 1.69. The first-order chi connectivity index (χ1) is 9.24. The molecule has 0 spiro atoms. The smallest absolute Gasteiger partial charge is 0.119 e. The molecule has 1 N–H and O–H groups in total. The fourth-order valence-electron chi connectivity index (χ4n) is 2.22. The molecule has 0 amide bonds. The van der Waals surface area contributed by atoms with Crippen molar-refractivity contribution in [3.8, 4) is 5.75 Å². The average molecular weight is 258 g/mol. The minimum Gasteiger partial charge on any atom is -0.497 e. The van der Waals surface area contributed by atoms with Gasteiger partial charge < -0.3 is 14.6 Å². The van der Waals surface area contributed by atoms with Crippen LogP contribution in [-0.2, 0) is 13.1 Å². The third-order valence-corrected chi connectivity index (χ3v) is 3.28. The number of nitrogens with one attached hydrogen (secondary N) is 1. The largest absolute Gasteiger partial charge is 0.497 e. The maximum absolute atomic E-state index is 5.22. The van der Waals surface area contributed by atoms with Crippen LogP contribution in [0.3, 0.4) is 0 Å². The van der Waals surface area contributed by atoms with Gasteiger partial charge in [0.25, 0.3) is 0 Å². The number of benzene rings is 1. The molecule has 2 aromatic rings. The van der Waals surface area contributed by atoms with E-state index >= 15 is 0 Å². The lowest BCUT2D eigenvalue weighted by Crippen LogP contribution is -2.07. The number of aromatic nitrogens is 1. The molecule has 0 saturated heterocycles. The molecule has 0 unspecified atom stereocenters. The number of anilines is 1. The Labute approximate surface area is 115 Å². The van der Waals surface area contributed by atoms with Crippen LogP contribution in [0.4, 0.5) is 5.69 Å². The summed E-state index contributed by atoms with van der Waals surface area (Å²) in [6.07, 6.45) is 3.30. The number of hydrogen-bond donors (Lipinski definition) is 1. The first-order valence-corrected chi connectivity index (χ1v) is 6.77. The van der Waals surface area contributed by atoms with Gasteiger partial charge >= 0.3 is 0 Å². The normalized spacial score (nSPS) is 10.5. The van der Waals surface area contributed by atoms with E-state index in [1.165, 1.54) is 11.3 Å². The number of rotatable bonds is 6. The molecule has 0 aliphatic rings. The molecular formula is C16H22N2O. The summed E-state index contributed by atoms with van der Waals surface area (Å²) < 4.78 is 7.52. The first-order valence-electron chi connectivity index (χ1n) is 6.77. The van der Waals surface area contributed by atoms with Crippen molar-refractivity contribution in [1.82, 2.24) is 4.57 Å². The van der Waals surface area contributed by atoms with Gasteiger partial charge in [0.2, 0.25) is 0 Å². The second-order valence-corrected chi connectivity index (χ2v) is 4.73. The second kappa shape index (κ2) is 6.32. The maximum Gasteiger partial charge on any atom is 0.119 e. The zero-order valence-corrected chi connectivity index (χ0v) is 11.9. The molecule has 0 atom stereocenters. The third kappa shape index (κ3) is 3.31. The van der Waals surface area contributed by atoms with E-state index in [9.17, 15) is 0 Å². The highest BCUT2D eigenvalue weighted by Crippen LogP contribution is 2.21. The summed E-state index contributed by atoms with van der Waals surface area (Å²) in [5.74, 6) is 0.900. The van der Waals surface area contributed by atoms with Crippen molar-refractivity contribution in [3.05, 3.63) is 47.8 Å². The molecule has 0 saturated carbocycles. The average Bonchev–Trinajstić information content (AvgIpc) is 2.85. The van der Waals surface area contributed by atoms with Crippen molar-refractivity contribution < 1.29 is 4.74 Å². The lowest BCUT2D eigenvalue weighted by Gasteiger charge is -2.13. The van der Waals surface area contributed by atoms with Crippen molar-refractivity contribution in [1.29, 1.82) is 0 Å². The van der Waals surface area contributed by atoms with E-state index in [0.717, 1.165) is 30.9 Å². The Balaban J connectivity index is 2.04. The molecule has 0 aliphatic carbocycles. The van der Waals surface area contributed by atoms with Crippen LogP contribution in [0.25, 0.3) is 0 Å². The quantitative estimate of drug-likeness (QED) is 0.852. The van der Waals surface area contributed by atoms with Gasteiger partial charge in [-0.1, -0.05) is 6.92 Å². The fraction of sp³-hybridized carbons (Fsp3) is 0.375. The molecular weight excluding hydrogens is 236 g/mol. The number of ether oxygens (including phenoxy) is 1. The molecule has 0 bridgehead atoms. The van der Waals surface area contributed by atoms with Crippen LogP contribution < -0.4 is 10.1 Å². The van der Waals surface area contributed by atoms with Crippen molar-refractivity contribution in [2.45, 2.75) is 33.4 Å². The van der Waals surface area contributed by atoms with Gasteiger partial charge in [-0.05, 0) is 49.2 Å². The highest BCUT2D eigenvalue weighted by Gasteiger charge is 2.03. The second-order valence-electron chi connectivity index (χ2n) is 4.73. The molecule has 2 rings (SSSR count). The molecule has 1 aromatic heterocycles. The van der Waals surface area contributed by atoms with Crippen molar-refractivity contribution in [2.75, 3.05) is 12.4 Å². The third-order valence-electron chi connectivity index (χ3n) is 3.28. The van der Waals surface area contributed by atoms with E-state index in [1.54, 1.807) is 7.11 Å². The van der Waals surface area contributed by atoms with Crippen LogP contribution in [0.5, 0.6) is 5.75 Å². The Hall–Kier alpha value is -1.90. The minimum absolute atomic E-state index is 0.847. The molecule has 0 radical (unpaired) electrons. The number of methoxy groups -OCH3 is 1. The number of aryl methyl sites for hydroxylation is 2. The summed E-state index contributed by atoms with van der Waals surface area (Å²) in [6.45, 7) is 6.21. The van der Waals surface area contributed by atoms with E-state index < -0.39 is 0 Å². The highest BCUT2D eigenvalue weighted by atomic mass is 16.5. The minimum atomic E-state index is 0.847. The molecule has 0 fully saturated rings. The molecule has 0 aliphatic heterocycles. The Bertz CT molecular complexity index is 531. The fourth-order valence-corrected chi connectivity index (χ4v) is 2.22. The van der Waals surface area contributed by atoms with Crippen LogP contribution in [0.15, 0.2) is 36.5 Å². The monoisotopic (exact) mass is 258 g/mol. The molecule has 3 heteroatoms. The van der Waals surface area contributed by atoms with Crippen LogP contribution in [0.1, 0.15) is 24.6 Å². The van der Waals surface area contributed by atoms with Gasteiger partial charge in [0, 0.05) is 24.1 Å². The van der Waals surface area contributed by atoms with Gasteiger partial charge in [0.1, 0.15) is 5.75 Å². The SMILES string of the molecule is CCCn1cccc1CNc1ccc(OC)cc1C. The molecule has 19 heavy (non-hydrogen) atoms. The van der Waals surface area contributed by atoms with Gasteiger partial charge in [-0.3, -0.25) is 0 Å². The van der Waals surface area contributed by atoms with Gasteiger partial charge in [-0.25, -0.2) is 0 Å². The summed E-state index contributed by atoms with van der Waals surface area (Å²) in [5, 5.41) is 3.49. The maximum atomic E-state index is 5.22. The zero-order chi connectivity index (χ0) is 13.7. The van der Waals surface area contributed by atoms with Crippen molar-refractivity contribution in [2.24, 2.45) is 0 Å². The summed E-state index contributed by atoms with van der Waals surface area (Å²) in [4.78, 5) is 0. The van der Waals surface area contributed by atoms with Crippen LogP contribution in [0.2, 0.25) is 0 Å². The van der Waals surface area contributed by atoms with Crippen LogP contribution >= 0.6 is 0 Å². The lowest BCUT2D eigenvalue weighted by atomic mass is 10.2. The van der Waals surface area contributed by atoms with E-state index in [4.69, 9.17) is 4.74 Å². The summed E-state index contributed by atoms with van der Waals surface area (Å²) in [5.41, 5.74) is 3.68. The molecule has 1 aromatic carbocycles. The number of hydrogen-bond acceptors (Lipinski definition) is 2. The van der Waals surface area contributed by atoms with E-state index in [0.29, 0.717) is 0 Å². The van der Waals surface area contributed by atoms with E-state index in [2.05, 4.69) is 48.1 Å². The van der Waals surface area contributed by atoms with Crippen LogP contribution in [-0.4, -0.2) is 11.7 Å². The Kier molecular flexibility index (Phi) is 4.50. The summed E-state index contributed by atoms with van der Waals surface area (Å²) in [6, 6.07) is 10.4. The van der Waals surface area contributed by atoms with Gasteiger partial charge in [-0.15, -0.1) is 0 Å². The molecule has 1 heterocycles. The highest BCUT2D eigenvalue weighted by molar-refractivity contribution is 5.53. The standard InChI is InChI=1S/C16H22N2O/c1-4-9-18-10-5-6-14(18)12-17-16-8-7-15(19-3)11-13(16)2/h5-8,10-11,17H,4,9,12H2,1-3H3. The molecule has 3 nitrogen and oxygen atoms in total. The van der Waals surface area contributed by atoms with E-state index in [1.807, 2.05) is 12.1 Å². The number of nitrogens with zero attached hydrogens (tertiary/aromatic N) is 1. The zero-order valence-electron chi connectivity index (χ0n) is 11.9. The predicted molar refractivity (Wildman–Crippen MR) is 79.8 cm³/mol.